The molecule has 0 aromatic carbocycles. The Morgan fingerprint density at radius 2 is 2.50 bits per heavy atom. The molecule has 1 rings (SSSR count). The molecule has 8 heavy (non-hydrogen) atoms. The minimum Gasteiger partial charge on any atom is -0.353 e. The fraction of sp³-hybridized carbons (Fsp3) is 0.833. The van der Waals surface area contributed by atoms with E-state index in [1.807, 2.05) is 0 Å². The average molecular weight is 115 g/mol. The van der Waals surface area contributed by atoms with Crippen molar-refractivity contribution in [2.24, 2.45) is 0 Å². The van der Waals surface area contributed by atoms with Crippen molar-refractivity contribution in [1.82, 2.24) is 0 Å². The second-order valence-electron chi connectivity index (χ2n) is 1.81. The van der Waals surface area contributed by atoms with Gasteiger partial charge in [0.2, 0.25) is 0 Å². The van der Waals surface area contributed by atoms with Crippen molar-refractivity contribution in [3.63, 3.8) is 0 Å². The second kappa shape index (κ2) is 3.05. The van der Waals surface area contributed by atoms with Crippen LogP contribution in [0.1, 0.15) is 12.8 Å². The molecular formula is C6H11O2. The summed E-state index contributed by atoms with van der Waals surface area (Å²) in [6, 6.07) is 0. The molecule has 1 aliphatic heterocycles. The zero-order valence-electron chi connectivity index (χ0n) is 4.93. The third-order valence-electron chi connectivity index (χ3n) is 1.11. The molecule has 0 aromatic heterocycles. The molecule has 0 aliphatic carbocycles. The van der Waals surface area contributed by atoms with Gasteiger partial charge in [0.1, 0.15) is 0 Å². The predicted molar refractivity (Wildman–Crippen MR) is 30.3 cm³/mol. The van der Waals surface area contributed by atoms with E-state index in [4.69, 9.17) is 9.47 Å². The lowest BCUT2D eigenvalue weighted by Crippen LogP contribution is -2.29. The fourth-order valence-electron chi connectivity index (χ4n) is 0.560. The van der Waals surface area contributed by atoms with Crippen LogP contribution in [0.25, 0.3) is 0 Å². The topological polar surface area (TPSA) is 18.5 Å². The molecule has 0 saturated carbocycles. The van der Waals surface area contributed by atoms with Gasteiger partial charge in [-0.3, -0.25) is 0 Å². The van der Waals surface area contributed by atoms with Gasteiger partial charge in [-0.15, -0.1) is 0 Å². The van der Waals surface area contributed by atoms with E-state index in [0.717, 1.165) is 26.1 Å². The largest absolute Gasteiger partial charge is 0.353 e. The monoisotopic (exact) mass is 115 g/mol. The molecule has 1 heterocycles. The van der Waals surface area contributed by atoms with E-state index in [0.29, 0.717) is 0 Å². The summed E-state index contributed by atoms with van der Waals surface area (Å²) in [5, 5.41) is 0. The minimum atomic E-state index is 0.0942. The molecule has 0 aromatic rings. The zero-order chi connectivity index (χ0) is 5.82. The van der Waals surface area contributed by atoms with Crippen molar-refractivity contribution >= 4 is 0 Å². The Labute approximate surface area is 49.8 Å². The maximum atomic E-state index is 5.14. The summed E-state index contributed by atoms with van der Waals surface area (Å²) in [7, 11) is 0. The Kier molecular flexibility index (Phi) is 2.30. The molecule has 47 valence electrons. The van der Waals surface area contributed by atoms with Crippen LogP contribution in [0.3, 0.4) is 0 Å². The van der Waals surface area contributed by atoms with Crippen molar-refractivity contribution in [2.45, 2.75) is 19.1 Å². The van der Waals surface area contributed by atoms with Crippen molar-refractivity contribution in [3.05, 3.63) is 6.92 Å². The van der Waals surface area contributed by atoms with Crippen LogP contribution in [0.15, 0.2) is 0 Å². The Balaban J connectivity index is 1.86. The molecule has 2 heteroatoms. The summed E-state index contributed by atoms with van der Waals surface area (Å²) in [6.07, 6.45) is 1.98. The number of ether oxygens (including phenoxy) is 2. The second-order valence-corrected chi connectivity index (χ2v) is 1.81. The third-order valence-corrected chi connectivity index (χ3v) is 1.11. The first-order chi connectivity index (χ1) is 3.93. The van der Waals surface area contributed by atoms with Crippen LogP contribution in [0.4, 0.5) is 0 Å². The normalized spacial score (nSPS) is 27.4. The summed E-state index contributed by atoms with van der Waals surface area (Å²) >= 11 is 0. The molecule has 0 N–H and O–H groups in total. The van der Waals surface area contributed by atoms with Crippen molar-refractivity contribution < 1.29 is 9.47 Å². The van der Waals surface area contributed by atoms with Crippen LogP contribution in [-0.2, 0) is 9.47 Å². The SMILES string of the molecule is [CH2]CCOC1CCO1. The van der Waals surface area contributed by atoms with Gasteiger partial charge in [-0.25, -0.2) is 0 Å². The first-order valence-corrected chi connectivity index (χ1v) is 2.96. The minimum absolute atomic E-state index is 0.0942. The lowest BCUT2D eigenvalue weighted by Gasteiger charge is -2.25. The highest BCUT2D eigenvalue weighted by Crippen LogP contribution is 2.11. The maximum absolute atomic E-state index is 5.14. The quantitative estimate of drug-likeness (QED) is 0.545. The Hall–Kier alpha value is -0.0800. The molecule has 2 nitrogen and oxygen atoms in total. The molecule has 1 fully saturated rings. The Bertz CT molecular complexity index is 59.5. The van der Waals surface area contributed by atoms with Crippen molar-refractivity contribution in [1.29, 1.82) is 0 Å². The standard InChI is InChI=1S/C6H11O2/c1-2-4-7-6-3-5-8-6/h6H,1-5H2. The van der Waals surface area contributed by atoms with E-state index in [1.165, 1.54) is 0 Å². The lowest BCUT2D eigenvalue weighted by atomic mass is 10.3. The van der Waals surface area contributed by atoms with E-state index >= 15 is 0 Å². The summed E-state index contributed by atoms with van der Waals surface area (Å²) < 4.78 is 10.1. The van der Waals surface area contributed by atoms with E-state index in [1.54, 1.807) is 0 Å². The highest BCUT2D eigenvalue weighted by molar-refractivity contribution is 4.54. The van der Waals surface area contributed by atoms with Crippen molar-refractivity contribution in [3.8, 4) is 0 Å². The molecule has 1 unspecified atom stereocenters. The number of rotatable bonds is 3. The van der Waals surface area contributed by atoms with E-state index in [9.17, 15) is 0 Å². The van der Waals surface area contributed by atoms with E-state index < -0.39 is 0 Å². The van der Waals surface area contributed by atoms with Gasteiger partial charge in [0.05, 0.1) is 6.61 Å². The predicted octanol–water partition coefficient (Wildman–Crippen LogP) is 0.974. The summed E-state index contributed by atoms with van der Waals surface area (Å²) in [5.74, 6) is 0. The van der Waals surface area contributed by atoms with E-state index in [-0.39, 0.29) is 6.29 Å². The van der Waals surface area contributed by atoms with Gasteiger partial charge in [0.25, 0.3) is 0 Å². The van der Waals surface area contributed by atoms with Crippen LogP contribution in [0.5, 0.6) is 0 Å². The van der Waals surface area contributed by atoms with Gasteiger partial charge in [-0.2, -0.15) is 0 Å². The molecule has 1 aliphatic rings. The fourth-order valence-corrected chi connectivity index (χ4v) is 0.560. The summed E-state index contributed by atoms with van der Waals surface area (Å²) in [4.78, 5) is 0. The van der Waals surface area contributed by atoms with Crippen LogP contribution in [0, 0.1) is 6.92 Å². The van der Waals surface area contributed by atoms with E-state index in [2.05, 4.69) is 6.92 Å². The van der Waals surface area contributed by atoms with Gasteiger partial charge in [0.15, 0.2) is 6.29 Å². The summed E-state index contributed by atoms with van der Waals surface area (Å²) in [5.41, 5.74) is 0. The lowest BCUT2D eigenvalue weighted by molar-refractivity contribution is -0.213. The molecule has 0 spiro atoms. The highest BCUT2D eigenvalue weighted by Gasteiger charge is 2.17. The van der Waals surface area contributed by atoms with Gasteiger partial charge in [0, 0.05) is 13.0 Å². The molecule has 1 atom stereocenters. The first-order valence-electron chi connectivity index (χ1n) is 2.96. The van der Waals surface area contributed by atoms with Gasteiger partial charge in [-0.05, 0) is 6.42 Å². The molecule has 1 radical (unpaired) electrons. The van der Waals surface area contributed by atoms with Crippen LogP contribution >= 0.6 is 0 Å². The Morgan fingerprint density at radius 3 is 2.88 bits per heavy atom. The van der Waals surface area contributed by atoms with Gasteiger partial charge >= 0.3 is 0 Å². The van der Waals surface area contributed by atoms with Gasteiger partial charge in [-0.1, -0.05) is 6.92 Å². The maximum Gasteiger partial charge on any atom is 0.159 e. The number of hydrogen-bond donors (Lipinski definition) is 0. The first kappa shape index (κ1) is 6.05. The molecule has 1 saturated heterocycles. The average Bonchev–Trinajstić information content (AvgIpc) is 1.63. The van der Waals surface area contributed by atoms with Gasteiger partial charge < -0.3 is 9.47 Å². The third kappa shape index (κ3) is 1.46. The number of hydrogen-bond acceptors (Lipinski definition) is 2. The molecule has 0 bridgehead atoms. The van der Waals surface area contributed by atoms with Crippen LogP contribution < -0.4 is 0 Å². The van der Waals surface area contributed by atoms with Crippen LogP contribution in [0.2, 0.25) is 0 Å². The Morgan fingerprint density at radius 1 is 1.75 bits per heavy atom. The smallest absolute Gasteiger partial charge is 0.159 e. The molecule has 0 amide bonds. The zero-order valence-corrected chi connectivity index (χ0v) is 4.93. The van der Waals surface area contributed by atoms with Crippen molar-refractivity contribution in [2.75, 3.05) is 13.2 Å². The highest BCUT2D eigenvalue weighted by atomic mass is 16.7. The van der Waals surface area contributed by atoms with Crippen LogP contribution in [-0.4, -0.2) is 19.5 Å². The summed E-state index contributed by atoms with van der Waals surface area (Å²) in [6.45, 7) is 5.23. The molecular weight excluding hydrogens is 104 g/mol.